The van der Waals surface area contributed by atoms with Crippen molar-refractivity contribution < 1.29 is 33.6 Å². The lowest BCUT2D eigenvalue weighted by atomic mass is 10.1. The molecule has 0 radical (unpaired) electrons. The number of nitrogens with one attached hydrogen (secondary N) is 1. The first kappa shape index (κ1) is 16.5. The fraction of sp³-hybridized carbons (Fsp3) is 0.364. The minimum atomic E-state index is -4.12. The summed E-state index contributed by atoms with van der Waals surface area (Å²) in [4.78, 5) is 10.4. The number of hydrogen-bond acceptors (Lipinski definition) is 6. The third-order valence-corrected chi connectivity index (χ3v) is 4.26. The van der Waals surface area contributed by atoms with Crippen molar-refractivity contribution in [1.82, 2.24) is 4.72 Å². The van der Waals surface area contributed by atoms with Gasteiger partial charge >= 0.3 is 5.97 Å². The standard InChI is InChI=1S/C11H15NO7S/c13-5-11(6-14,7-15)12-20(18,19)9-3-1-8(2-4-9)10(16)17/h1-4,12-15H,5-7H2,(H,16,17). The Kier molecular flexibility index (Phi) is 5.20. The SMILES string of the molecule is O=C(O)c1ccc(S(=O)(=O)NC(CO)(CO)CO)cc1. The van der Waals surface area contributed by atoms with Crippen molar-refractivity contribution in [3.05, 3.63) is 29.8 Å². The monoisotopic (exact) mass is 305 g/mol. The first-order chi connectivity index (χ1) is 9.30. The van der Waals surface area contributed by atoms with Gasteiger partial charge in [0.2, 0.25) is 10.0 Å². The molecular formula is C11H15NO7S. The van der Waals surface area contributed by atoms with E-state index in [1.165, 1.54) is 0 Å². The van der Waals surface area contributed by atoms with Gasteiger partial charge in [-0.05, 0) is 24.3 Å². The topological polar surface area (TPSA) is 144 Å². The highest BCUT2D eigenvalue weighted by atomic mass is 32.2. The van der Waals surface area contributed by atoms with Crippen LogP contribution in [0.1, 0.15) is 10.4 Å². The van der Waals surface area contributed by atoms with Crippen LogP contribution >= 0.6 is 0 Å². The highest BCUT2D eigenvalue weighted by molar-refractivity contribution is 7.89. The predicted molar refractivity (Wildman–Crippen MR) is 67.7 cm³/mol. The van der Waals surface area contributed by atoms with E-state index in [1.54, 1.807) is 0 Å². The van der Waals surface area contributed by atoms with Gasteiger partial charge in [0.05, 0.1) is 30.3 Å². The third kappa shape index (κ3) is 3.52. The molecule has 0 atom stereocenters. The Hall–Kier alpha value is -1.52. The Bertz CT molecular complexity index is 555. The van der Waals surface area contributed by atoms with Crippen LogP contribution in [0.4, 0.5) is 0 Å². The molecule has 0 unspecified atom stereocenters. The number of carboxylic acid groups (broad SMARTS) is 1. The van der Waals surface area contributed by atoms with Crippen molar-refractivity contribution in [3.63, 3.8) is 0 Å². The van der Waals surface area contributed by atoms with Gasteiger partial charge in [0.25, 0.3) is 0 Å². The van der Waals surface area contributed by atoms with E-state index in [2.05, 4.69) is 0 Å². The largest absolute Gasteiger partial charge is 0.478 e. The Labute approximate surface area is 115 Å². The van der Waals surface area contributed by atoms with Crippen LogP contribution in [0.5, 0.6) is 0 Å². The average Bonchev–Trinajstić information content (AvgIpc) is 2.45. The van der Waals surface area contributed by atoms with E-state index in [1.807, 2.05) is 4.72 Å². The molecular weight excluding hydrogens is 290 g/mol. The molecule has 1 aromatic carbocycles. The van der Waals surface area contributed by atoms with Crippen LogP contribution in [0.25, 0.3) is 0 Å². The number of sulfonamides is 1. The molecule has 0 spiro atoms. The van der Waals surface area contributed by atoms with Gasteiger partial charge in [-0.2, -0.15) is 4.72 Å². The molecule has 20 heavy (non-hydrogen) atoms. The smallest absolute Gasteiger partial charge is 0.335 e. The Morgan fingerprint density at radius 1 is 1.05 bits per heavy atom. The van der Waals surface area contributed by atoms with E-state index < -0.39 is 41.4 Å². The summed E-state index contributed by atoms with van der Waals surface area (Å²) >= 11 is 0. The summed E-state index contributed by atoms with van der Waals surface area (Å²) in [5.74, 6) is -1.20. The maximum atomic E-state index is 12.0. The second kappa shape index (κ2) is 6.29. The van der Waals surface area contributed by atoms with Crippen molar-refractivity contribution in [2.24, 2.45) is 0 Å². The molecule has 0 aliphatic heterocycles. The molecule has 0 saturated heterocycles. The first-order valence-corrected chi connectivity index (χ1v) is 6.98. The lowest BCUT2D eigenvalue weighted by molar-refractivity contribution is 0.0582. The van der Waals surface area contributed by atoms with E-state index in [0.717, 1.165) is 24.3 Å². The van der Waals surface area contributed by atoms with E-state index >= 15 is 0 Å². The molecule has 8 nitrogen and oxygen atoms in total. The van der Waals surface area contributed by atoms with Gasteiger partial charge in [0.1, 0.15) is 5.54 Å². The number of carbonyl (C=O) groups is 1. The maximum absolute atomic E-state index is 12.0. The zero-order valence-electron chi connectivity index (χ0n) is 10.4. The lowest BCUT2D eigenvalue weighted by Gasteiger charge is -2.28. The molecule has 0 bridgehead atoms. The van der Waals surface area contributed by atoms with E-state index in [4.69, 9.17) is 20.4 Å². The number of aliphatic hydroxyl groups excluding tert-OH is 3. The highest BCUT2D eigenvalue weighted by Crippen LogP contribution is 2.14. The minimum Gasteiger partial charge on any atom is -0.478 e. The van der Waals surface area contributed by atoms with Gasteiger partial charge in [-0.1, -0.05) is 0 Å². The second-order valence-electron chi connectivity index (χ2n) is 4.19. The van der Waals surface area contributed by atoms with Gasteiger partial charge in [-0.3, -0.25) is 0 Å². The molecule has 1 rings (SSSR count). The molecule has 0 aliphatic carbocycles. The summed E-state index contributed by atoms with van der Waals surface area (Å²) in [6, 6.07) is 4.36. The quantitative estimate of drug-likeness (QED) is 0.407. The molecule has 0 amide bonds. The number of carboxylic acids is 1. The van der Waals surface area contributed by atoms with Crippen LogP contribution in [0.3, 0.4) is 0 Å². The summed E-state index contributed by atoms with van der Waals surface area (Å²) in [6.45, 7) is -2.40. The highest BCUT2D eigenvalue weighted by Gasteiger charge is 2.33. The van der Waals surface area contributed by atoms with Crippen LogP contribution in [-0.4, -0.2) is 60.2 Å². The number of benzene rings is 1. The molecule has 0 saturated carbocycles. The number of rotatable bonds is 7. The van der Waals surface area contributed by atoms with Crippen molar-refractivity contribution in [1.29, 1.82) is 0 Å². The Morgan fingerprint density at radius 3 is 1.85 bits per heavy atom. The Morgan fingerprint density at radius 2 is 1.50 bits per heavy atom. The molecule has 112 valence electrons. The summed E-state index contributed by atoms with van der Waals surface area (Å²) in [5, 5.41) is 36.0. The maximum Gasteiger partial charge on any atom is 0.335 e. The molecule has 0 heterocycles. The molecule has 0 aromatic heterocycles. The number of aliphatic hydroxyl groups is 3. The van der Waals surface area contributed by atoms with Crippen LogP contribution in [0.15, 0.2) is 29.2 Å². The Balaban J connectivity index is 3.07. The zero-order valence-corrected chi connectivity index (χ0v) is 11.2. The fourth-order valence-corrected chi connectivity index (χ4v) is 2.74. The van der Waals surface area contributed by atoms with E-state index in [0.29, 0.717) is 0 Å². The summed E-state index contributed by atoms with van der Waals surface area (Å²) in [6.07, 6.45) is 0. The van der Waals surface area contributed by atoms with E-state index in [-0.39, 0.29) is 10.5 Å². The third-order valence-electron chi connectivity index (χ3n) is 2.67. The van der Waals surface area contributed by atoms with Gasteiger partial charge < -0.3 is 20.4 Å². The molecule has 5 N–H and O–H groups in total. The molecule has 0 fully saturated rings. The van der Waals surface area contributed by atoms with Crippen molar-refractivity contribution >= 4 is 16.0 Å². The average molecular weight is 305 g/mol. The summed E-state index contributed by atoms with van der Waals surface area (Å²) < 4.78 is 26.0. The summed E-state index contributed by atoms with van der Waals surface area (Å²) in [5.41, 5.74) is -1.87. The normalized spacial score (nSPS) is 12.3. The zero-order chi connectivity index (χ0) is 15.4. The molecule has 1 aromatic rings. The van der Waals surface area contributed by atoms with Crippen molar-refractivity contribution in [3.8, 4) is 0 Å². The van der Waals surface area contributed by atoms with Gasteiger partial charge in [-0.25, -0.2) is 13.2 Å². The lowest BCUT2D eigenvalue weighted by Crippen LogP contribution is -2.56. The van der Waals surface area contributed by atoms with Gasteiger partial charge in [-0.15, -0.1) is 0 Å². The second-order valence-corrected chi connectivity index (χ2v) is 5.87. The number of hydrogen-bond donors (Lipinski definition) is 5. The number of aromatic carboxylic acids is 1. The molecule has 9 heteroatoms. The summed E-state index contributed by atoms with van der Waals surface area (Å²) in [7, 11) is -4.12. The first-order valence-electron chi connectivity index (χ1n) is 5.50. The molecule has 0 aliphatic rings. The van der Waals surface area contributed by atoms with Gasteiger partial charge in [0.15, 0.2) is 0 Å². The van der Waals surface area contributed by atoms with Gasteiger partial charge in [0, 0.05) is 0 Å². The fourth-order valence-electron chi connectivity index (χ4n) is 1.37. The van der Waals surface area contributed by atoms with Crippen LogP contribution in [-0.2, 0) is 10.0 Å². The minimum absolute atomic E-state index is 0.0818. The van der Waals surface area contributed by atoms with Crippen LogP contribution in [0, 0.1) is 0 Å². The predicted octanol–water partition coefficient (Wildman–Crippen LogP) is -1.62. The van der Waals surface area contributed by atoms with Crippen molar-refractivity contribution in [2.75, 3.05) is 19.8 Å². The van der Waals surface area contributed by atoms with E-state index in [9.17, 15) is 13.2 Å². The van der Waals surface area contributed by atoms with Crippen molar-refractivity contribution in [2.45, 2.75) is 10.4 Å². The van der Waals surface area contributed by atoms with Crippen LogP contribution in [0.2, 0.25) is 0 Å². The van der Waals surface area contributed by atoms with Crippen LogP contribution < -0.4 is 4.72 Å².